The monoisotopic (exact) mass is 257 g/mol. The van der Waals surface area contributed by atoms with Crippen molar-refractivity contribution in [2.75, 3.05) is 13.1 Å². The molecule has 2 aliphatic rings. The molecular weight excluding hydrogens is 234 g/mol. The van der Waals surface area contributed by atoms with Gasteiger partial charge in [-0.25, -0.2) is 0 Å². The van der Waals surface area contributed by atoms with Crippen molar-refractivity contribution in [1.82, 2.24) is 4.90 Å². The molecule has 1 spiro atoms. The first-order valence-corrected chi connectivity index (χ1v) is 7.41. The summed E-state index contributed by atoms with van der Waals surface area (Å²) in [6, 6.07) is 9.11. The van der Waals surface area contributed by atoms with E-state index in [1.54, 1.807) is 0 Å². The van der Waals surface area contributed by atoms with Crippen LogP contribution in [0.1, 0.15) is 56.1 Å². The molecule has 1 atom stereocenters. The third kappa shape index (κ3) is 2.29. The van der Waals surface area contributed by atoms with Gasteiger partial charge in [0.2, 0.25) is 6.41 Å². The van der Waals surface area contributed by atoms with E-state index in [-0.39, 0.29) is 0 Å². The highest BCUT2D eigenvalue weighted by Crippen LogP contribution is 2.51. The van der Waals surface area contributed by atoms with Crippen molar-refractivity contribution in [2.45, 2.75) is 44.9 Å². The molecule has 2 heteroatoms. The van der Waals surface area contributed by atoms with Gasteiger partial charge in [-0.3, -0.25) is 4.79 Å². The summed E-state index contributed by atoms with van der Waals surface area (Å²) in [5.41, 5.74) is 3.40. The number of rotatable bonds is 3. The number of nitrogens with zero attached hydrogens (tertiary/aromatic N) is 1. The van der Waals surface area contributed by atoms with E-state index in [0.29, 0.717) is 17.3 Å². The van der Waals surface area contributed by atoms with Crippen LogP contribution in [-0.2, 0) is 4.79 Å². The largest absolute Gasteiger partial charge is 0.344 e. The number of benzene rings is 1. The summed E-state index contributed by atoms with van der Waals surface area (Å²) in [5.74, 6) is 1.30. The van der Waals surface area contributed by atoms with E-state index < -0.39 is 0 Å². The van der Waals surface area contributed by atoms with Crippen molar-refractivity contribution in [1.29, 1.82) is 0 Å². The molecule has 1 aromatic rings. The van der Waals surface area contributed by atoms with Crippen LogP contribution in [0.5, 0.6) is 0 Å². The maximum Gasteiger partial charge on any atom is 0.209 e. The zero-order valence-corrected chi connectivity index (χ0v) is 11.9. The van der Waals surface area contributed by atoms with Crippen molar-refractivity contribution in [2.24, 2.45) is 5.41 Å². The van der Waals surface area contributed by atoms with Crippen LogP contribution in [0.4, 0.5) is 0 Å². The molecule has 3 rings (SSSR count). The van der Waals surface area contributed by atoms with E-state index >= 15 is 0 Å². The van der Waals surface area contributed by atoms with Gasteiger partial charge in [0.1, 0.15) is 0 Å². The Labute approximate surface area is 115 Å². The lowest BCUT2D eigenvalue weighted by Crippen LogP contribution is -2.54. The van der Waals surface area contributed by atoms with Crippen LogP contribution in [0.2, 0.25) is 0 Å². The molecular formula is C17H23NO. The summed E-state index contributed by atoms with van der Waals surface area (Å²) in [5, 5.41) is 0. The Morgan fingerprint density at radius 2 is 2.16 bits per heavy atom. The molecule has 1 saturated carbocycles. The fraction of sp³-hybridized carbons (Fsp3) is 0.588. The molecule has 19 heavy (non-hydrogen) atoms. The van der Waals surface area contributed by atoms with Gasteiger partial charge < -0.3 is 4.90 Å². The second kappa shape index (κ2) is 4.66. The van der Waals surface area contributed by atoms with Crippen molar-refractivity contribution < 1.29 is 4.79 Å². The van der Waals surface area contributed by atoms with E-state index in [4.69, 9.17) is 0 Å². The van der Waals surface area contributed by atoms with Crippen LogP contribution in [0, 0.1) is 5.41 Å². The highest BCUT2D eigenvalue weighted by atomic mass is 16.1. The minimum atomic E-state index is 0.444. The number of hydrogen-bond acceptors (Lipinski definition) is 1. The van der Waals surface area contributed by atoms with Crippen molar-refractivity contribution in [3.05, 3.63) is 35.4 Å². The fourth-order valence-electron chi connectivity index (χ4n) is 3.84. The molecule has 0 unspecified atom stereocenters. The molecule has 0 bridgehead atoms. The van der Waals surface area contributed by atoms with Crippen LogP contribution in [-0.4, -0.2) is 24.4 Å². The molecule has 0 N–H and O–H groups in total. The lowest BCUT2D eigenvalue weighted by Gasteiger charge is -2.46. The van der Waals surface area contributed by atoms with Crippen LogP contribution in [0.15, 0.2) is 24.3 Å². The number of carbonyl (C=O) groups excluding carboxylic acids is 1. The number of amides is 1. The Morgan fingerprint density at radius 1 is 1.37 bits per heavy atom. The highest BCUT2D eigenvalue weighted by Gasteiger charge is 2.47. The van der Waals surface area contributed by atoms with Gasteiger partial charge in [0, 0.05) is 18.5 Å². The van der Waals surface area contributed by atoms with Gasteiger partial charge in [0.05, 0.1) is 0 Å². The summed E-state index contributed by atoms with van der Waals surface area (Å²) < 4.78 is 0. The maximum atomic E-state index is 10.7. The minimum Gasteiger partial charge on any atom is -0.344 e. The molecule has 1 aromatic carbocycles. The third-order valence-corrected chi connectivity index (χ3v) is 4.98. The molecule has 0 aromatic heterocycles. The standard InChI is InChI=1S/C17H23NO/c1-13(2)14-4-3-5-15(8-14)16-6-7-17(9-16)10-18(11-17)12-19/h3-5,8,12-13,16H,6-7,9-11H2,1-2H3/t16-/m1/s1. The van der Waals surface area contributed by atoms with Gasteiger partial charge in [-0.15, -0.1) is 0 Å². The van der Waals surface area contributed by atoms with Gasteiger partial charge in [0.15, 0.2) is 0 Å². The minimum absolute atomic E-state index is 0.444. The summed E-state index contributed by atoms with van der Waals surface area (Å²) >= 11 is 0. The molecule has 2 nitrogen and oxygen atoms in total. The van der Waals surface area contributed by atoms with Gasteiger partial charge in [-0.2, -0.15) is 0 Å². The van der Waals surface area contributed by atoms with E-state index in [1.807, 2.05) is 4.90 Å². The number of carbonyl (C=O) groups is 1. The van der Waals surface area contributed by atoms with Crippen molar-refractivity contribution in [3.63, 3.8) is 0 Å². The molecule has 1 saturated heterocycles. The Morgan fingerprint density at radius 3 is 2.84 bits per heavy atom. The van der Waals surface area contributed by atoms with E-state index in [0.717, 1.165) is 19.5 Å². The number of hydrogen-bond donors (Lipinski definition) is 0. The quantitative estimate of drug-likeness (QED) is 0.758. The summed E-state index contributed by atoms with van der Waals surface area (Å²) in [7, 11) is 0. The summed E-state index contributed by atoms with van der Waals surface area (Å²) in [6.45, 7) is 6.47. The second-order valence-electron chi connectivity index (χ2n) is 6.77. The van der Waals surface area contributed by atoms with Crippen molar-refractivity contribution in [3.8, 4) is 0 Å². The van der Waals surface area contributed by atoms with E-state index in [9.17, 15) is 4.79 Å². The Balaban J connectivity index is 1.71. The lowest BCUT2D eigenvalue weighted by molar-refractivity contribution is -0.129. The Hall–Kier alpha value is -1.31. The zero-order valence-electron chi connectivity index (χ0n) is 11.9. The SMILES string of the molecule is CC(C)c1cccc([C@@H]2CCC3(C2)CN(C=O)C3)c1. The molecule has 0 radical (unpaired) electrons. The predicted octanol–water partition coefficient (Wildman–Crippen LogP) is 3.54. The molecule has 1 heterocycles. The summed E-state index contributed by atoms with van der Waals surface area (Å²) in [4.78, 5) is 12.6. The highest BCUT2D eigenvalue weighted by molar-refractivity contribution is 5.49. The average Bonchev–Trinajstić information content (AvgIpc) is 2.82. The normalized spacial score (nSPS) is 24.8. The summed E-state index contributed by atoms with van der Waals surface area (Å²) in [6.07, 6.45) is 4.83. The average molecular weight is 257 g/mol. The topological polar surface area (TPSA) is 20.3 Å². The molecule has 102 valence electrons. The van der Waals surface area contributed by atoms with Crippen LogP contribution >= 0.6 is 0 Å². The molecule has 2 fully saturated rings. The second-order valence-corrected chi connectivity index (χ2v) is 6.77. The van der Waals surface area contributed by atoms with E-state index in [1.165, 1.54) is 30.4 Å². The maximum absolute atomic E-state index is 10.7. The van der Waals surface area contributed by atoms with Crippen molar-refractivity contribution >= 4 is 6.41 Å². The first-order chi connectivity index (χ1) is 9.12. The van der Waals surface area contributed by atoms with Crippen LogP contribution in [0.3, 0.4) is 0 Å². The van der Waals surface area contributed by atoms with Gasteiger partial charge in [-0.1, -0.05) is 38.1 Å². The predicted molar refractivity (Wildman–Crippen MR) is 77.2 cm³/mol. The first-order valence-electron chi connectivity index (χ1n) is 7.41. The first kappa shape index (κ1) is 12.7. The molecule has 1 aliphatic heterocycles. The fourth-order valence-corrected chi connectivity index (χ4v) is 3.84. The Kier molecular flexibility index (Phi) is 3.12. The third-order valence-electron chi connectivity index (χ3n) is 4.98. The number of likely N-dealkylation sites (tertiary alicyclic amines) is 1. The molecule has 1 amide bonds. The van der Waals surface area contributed by atoms with Gasteiger partial charge >= 0.3 is 0 Å². The lowest BCUT2D eigenvalue weighted by atomic mass is 9.77. The van der Waals surface area contributed by atoms with Gasteiger partial charge in [0.25, 0.3) is 0 Å². The smallest absolute Gasteiger partial charge is 0.209 e. The van der Waals surface area contributed by atoms with Crippen LogP contribution < -0.4 is 0 Å². The van der Waals surface area contributed by atoms with Gasteiger partial charge in [-0.05, 0) is 42.2 Å². The van der Waals surface area contributed by atoms with Crippen LogP contribution in [0.25, 0.3) is 0 Å². The molecule has 1 aliphatic carbocycles. The van der Waals surface area contributed by atoms with E-state index in [2.05, 4.69) is 38.1 Å². The zero-order chi connectivity index (χ0) is 13.5. The Bertz CT molecular complexity index is 474.